The van der Waals surface area contributed by atoms with Crippen LogP contribution in [0.5, 0.6) is 0 Å². The minimum Gasteiger partial charge on any atom is -0.423 e. The van der Waals surface area contributed by atoms with Crippen molar-refractivity contribution in [1.82, 2.24) is 0 Å². The fourth-order valence-electron chi connectivity index (χ4n) is 2.51. The molecule has 0 saturated carbocycles. The molecule has 2 heterocycles. The second-order valence-corrected chi connectivity index (χ2v) is 5.73. The van der Waals surface area contributed by atoms with E-state index >= 15 is 0 Å². The van der Waals surface area contributed by atoms with E-state index in [0.29, 0.717) is 16.7 Å². The van der Waals surface area contributed by atoms with E-state index in [4.69, 9.17) is 8.83 Å². The van der Waals surface area contributed by atoms with Gasteiger partial charge in [-0.15, -0.1) is 0 Å². The molecule has 0 atom stereocenters. The van der Waals surface area contributed by atoms with Crippen molar-refractivity contribution in [3.05, 3.63) is 92.6 Å². The van der Waals surface area contributed by atoms with E-state index in [1.165, 1.54) is 11.6 Å². The maximum Gasteiger partial charge on any atom is 0.339 e. The Balaban J connectivity index is 0.000000470. The molecule has 168 valence electrons. The van der Waals surface area contributed by atoms with Gasteiger partial charge < -0.3 is 8.83 Å². The van der Waals surface area contributed by atoms with Gasteiger partial charge >= 0.3 is 11.3 Å². The molecule has 2 aromatic carbocycles. The molecule has 0 radical (unpaired) electrons. The van der Waals surface area contributed by atoms with Gasteiger partial charge in [0.1, 0.15) is 11.2 Å². The lowest BCUT2D eigenvalue weighted by Gasteiger charge is -1.98. The maximum atomic E-state index is 11.1. The van der Waals surface area contributed by atoms with Crippen molar-refractivity contribution >= 4 is 21.9 Å². The van der Waals surface area contributed by atoms with Gasteiger partial charge in [0, 0.05) is 22.4 Å². The Morgan fingerprint density at radius 1 is 0.677 bits per heavy atom. The number of fused-ring (bicyclic) bond motifs is 2. The minimum absolute atomic E-state index is 0.256. The summed E-state index contributed by atoms with van der Waals surface area (Å²) in [6, 6.07) is 18.4. The monoisotopic (exact) mass is 424 g/mol. The lowest BCUT2D eigenvalue weighted by Crippen LogP contribution is -2.01. The number of benzene rings is 2. The van der Waals surface area contributed by atoms with Crippen LogP contribution in [-0.2, 0) is 6.42 Å². The number of para-hydroxylation sites is 1. The first-order valence-electron chi connectivity index (χ1n) is 11.1. The Labute approximate surface area is 185 Å². The van der Waals surface area contributed by atoms with Crippen molar-refractivity contribution in [2.24, 2.45) is 0 Å². The summed E-state index contributed by atoms with van der Waals surface area (Å²) in [4.78, 5) is 21.9. The van der Waals surface area contributed by atoms with Gasteiger partial charge in [-0.05, 0) is 49.2 Å². The van der Waals surface area contributed by atoms with Crippen molar-refractivity contribution in [3.8, 4) is 0 Å². The van der Waals surface area contributed by atoms with Gasteiger partial charge in [0.15, 0.2) is 0 Å². The van der Waals surface area contributed by atoms with Crippen LogP contribution in [0.15, 0.2) is 79.1 Å². The molecule has 4 heteroatoms. The molecule has 0 N–H and O–H groups in total. The topological polar surface area (TPSA) is 60.4 Å². The first-order valence-corrected chi connectivity index (χ1v) is 11.1. The second kappa shape index (κ2) is 15.7. The number of rotatable bonds is 1. The third-order valence-electron chi connectivity index (χ3n) is 3.91. The van der Waals surface area contributed by atoms with Crippen LogP contribution >= 0.6 is 0 Å². The number of hydrogen-bond donors (Lipinski definition) is 0. The van der Waals surface area contributed by atoms with E-state index in [1.54, 1.807) is 19.1 Å². The van der Waals surface area contributed by atoms with Crippen molar-refractivity contribution in [1.29, 1.82) is 0 Å². The quantitative estimate of drug-likeness (QED) is 0.296. The summed E-state index contributed by atoms with van der Waals surface area (Å²) in [5.74, 6) is 0. The van der Waals surface area contributed by atoms with E-state index in [1.807, 2.05) is 84.0 Å². The van der Waals surface area contributed by atoms with Gasteiger partial charge in [-0.3, -0.25) is 0 Å². The number of hydrogen-bond acceptors (Lipinski definition) is 4. The van der Waals surface area contributed by atoms with Crippen molar-refractivity contribution < 1.29 is 8.83 Å². The third-order valence-corrected chi connectivity index (χ3v) is 3.91. The van der Waals surface area contributed by atoms with Gasteiger partial charge in [-0.1, -0.05) is 72.7 Å². The summed E-state index contributed by atoms with van der Waals surface area (Å²) in [7, 11) is 0. The van der Waals surface area contributed by atoms with Crippen LogP contribution in [0.25, 0.3) is 21.9 Å². The van der Waals surface area contributed by atoms with E-state index in [0.717, 1.165) is 17.2 Å². The Bertz CT molecular complexity index is 1140. The first kappa shape index (κ1) is 27.9. The normalized spacial score (nSPS) is 9.03. The summed E-state index contributed by atoms with van der Waals surface area (Å²) in [5.41, 5.74) is 2.65. The molecular weight excluding hydrogens is 388 g/mol. The highest BCUT2D eigenvalue weighted by Gasteiger charge is 1.98. The molecule has 4 rings (SSSR count). The number of aryl methyl sites for hydroxylation is 2. The van der Waals surface area contributed by atoms with E-state index in [9.17, 15) is 9.59 Å². The largest absolute Gasteiger partial charge is 0.423 e. The van der Waals surface area contributed by atoms with Crippen LogP contribution < -0.4 is 11.3 Å². The summed E-state index contributed by atoms with van der Waals surface area (Å²) < 4.78 is 10.0. The zero-order valence-electron chi connectivity index (χ0n) is 20.1. The Hall–Kier alpha value is -3.14. The summed E-state index contributed by atoms with van der Waals surface area (Å²) in [5, 5.41) is 1.95. The summed E-state index contributed by atoms with van der Waals surface area (Å²) >= 11 is 0. The van der Waals surface area contributed by atoms with Crippen LogP contribution in [0.2, 0.25) is 0 Å². The summed E-state index contributed by atoms with van der Waals surface area (Å²) in [6.07, 6.45) is 0.995. The molecule has 31 heavy (non-hydrogen) atoms. The highest BCUT2D eigenvalue weighted by atomic mass is 16.4. The average Bonchev–Trinajstić information content (AvgIpc) is 2.84. The zero-order chi connectivity index (χ0) is 23.8. The second-order valence-electron chi connectivity index (χ2n) is 5.73. The van der Waals surface area contributed by atoms with Gasteiger partial charge in [-0.2, -0.15) is 0 Å². The third kappa shape index (κ3) is 8.63. The predicted octanol–water partition coefficient (Wildman–Crippen LogP) is 7.54. The average molecular weight is 425 g/mol. The molecule has 4 nitrogen and oxygen atoms in total. The first-order chi connectivity index (χ1) is 15.1. The molecule has 0 aliphatic heterocycles. The molecule has 0 saturated heterocycles. The highest BCUT2D eigenvalue weighted by molar-refractivity contribution is 5.77. The van der Waals surface area contributed by atoms with E-state index in [2.05, 4.69) is 6.92 Å². The maximum absolute atomic E-state index is 11.1. The predicted molar refractivity (Wildman–Crippen MR) is 133 cm³/mol. The van der Waals surface area contributed by atoms with Crippen molar-refractivity contribution in [2.75, 3.05) is 0 Å². The SMILES string of the molecule is CC.CC.CC.CCc1ccc2oc(=O)ccc2c1.Cc1cc2ccccc2oc1=O. The molecule has 0 unspecified atom stereocenters. The van der Waals surface area contributed by atoms with Crippen molar-refractivity contribution in [2.45, 2.75) is 61.8 Å². The van der Waals surface area contributed by atoms with Crippen LogP contribution in [0.1, 0.15) is 59.6 Å². The lowest BCUT2D eigenvalue weighted by molar-refractivity contribution is 0.555. The molecule has 4 aromatic rings. The van der Waals surface area contributed by atoms with Gasteiger partial charge in [-0.25, -0.2) is 9.59 Å². The highest BCUT2D eigenvalue weighted by Crippen LogP contribution is 2.14. The smallest absolute Gasteiger partial charge is 0.339 e. The fraction of sp³-hybridized carbons (Fsp3) is 0.333. The van der Waals surface area contributed by atoms with E-state index in [-0.39, 0.29) is 11.3 Å². The summed E-state index contributed by atoms with van der Waals surface area (Å²) in [6.45, 7) is 15.8. The minimum atomic E-state index is -0.295. The molecule has 0 fully saturated rings. The molecular formula is C27H36O4. The molecule has 0 spiro atoms. The fourth-order valence-corrected chi connectivity index (χ4v) is 2.51. The van der Waals surface area contributed by atoms with Gasteiger partial charge in [0.05, 0.1) is 0 Å². The zero-order valence-corrected chi connectivity index (χ0v) is 20.1. The van der Waals surface area contributed by atoms with Crippen LogP contribution in [0, 0.1) is 6.92 Å². The van der Waals surface area contributed by atoms with Crippen LogP contribution in [-0.4, -0.2) is 0 Å². The van der Waals surface area contributed by atoms with Crippen LogP contribution in [0.3, 0.4) is 0 Å². The van der Waals surface area contributed by atoms with Gasteiger partial charge in [0.25, 0.3) is 0 Å². The molecule has 0 bridgehead atoms. The van der Waals surface area contributed by atoms with E-state index < -0.39 is 0 Å². The standard InChI is InChI=1S/C11H10O2.C10H8O2.3C2H6/c1-2-8-3-5-10-9(7-8)4-6-11(12)13-10;1-7-6-8-4-2-3-5-9(8)12-10(7)11;3*1-2/h3-7H,2H2,1H3;2-6H,1H3;3*1-2H3. The Morgan fingerprint density at radius 2 is 1.26 bits per heavy atom. The molecule has 0 amide bonds. The van der Waals surface area contributed by atoms with Gasteiger partial charge in [0.2, 0.25) is 0 Å². The lowest BCUT2D eigenvalue weighted by atomic mass is 10.1. The Kier molecular flexibility index (Phi) is 14.1. The molecule has 2 aromatic heterocycles. The van der Waals surface area contributed by atoms with Crippen LogP contribution in [0.4, 0.5) is 0 Å². The van der Waals surface area contributed by atoms with Crippen molar-refractivity contribution in [3.63, 3.8) is 0 Å². The molecule has 0 aliphatic rings. The molecule has 0 aliphatic carbocycles. The Morgan fingerprint density at radius 3 is 1.90 bits per heavy atom.